The molecular formula is C10H15NO. The lowest BCUT2D eigenvalue weighted by atomic mass is 10.2. The van der Waals surface area contributed by atoms with Gasteiger partial charge in [0.2, 0.25) is 0 Å². The van der Waals surface area contributed by atoms with Crippen molar-refractivity contribution in [1.82, 2.24) is 0 Å². The number of allylic oxidation sites excluding steroid dienone is 2. The van der Waals surface area contributed by atoms with Crippen LogP contribution in [0.2, 0.25) is 0 Å². The highest BCUT2D eigenvalue weighted by molar-refractivity contribution is 4.87. The summed E-state index contributed by atoms with van der Waals surface area (Å²) in [7, 11) is 0. The molecule has 0 radical (unpaired) electrons. The Hall–Kier alpha value is -1.07. The Labute approximate surface area is 73.8 Å². The van der Waals surface area contributed by atoms with Gasteiger partial charge < -0.3 is 5.11 Å². The minimum atomic E-state index is -0.398. The molecule has 0 aliphatic carbocycles. The molecule has 0 saturated carbocycles. The number of rotatable bonds is 6. The van der Waals surface area contributed by atoms with E-state index < -0.39 is 6.10 Å². The average Bonchev–Trinajstić information content (AvgIpc) is 2.10. The molecule has 0 bridgehead atoms. The summed E-state index contributed by atoms with van der Waals surface area (Å²) in [5.74, 6) is 0. The van der Waals surface area contributed by atoms with E-state index in [4.69, 9.17) is 10.4 Å². The molecule has 0 aromatic rings. The zero-order valence-electron chi connectivity index (χ0n) is 7.24. The predicted molar refractivity (Wildman–Crippen MR) is 49.4 cm³/mol. The van der Waals surface area contributed by atoms with Gasteiger partial charge in [0, 0.05) is 6.42 Å². The Bertz CT molecular complexity index is 179. The first kappa shape index (κ1) is 10.9. The molecule has 2 nitrogen and oxygen atoms in total. The Morgan fingerprint density at radius 3 is 2.67 bits per heavy atom. The molecule has 0 aromatic heterocycles. The van der Waals surface area contributed by atoms with Crippen LogP contribution in [0.5, 0.6) is 0 Å². The van der Waals surface area contributed by atoms with Gasteiger partial charge in [-0.25, -0.2) is 0 Å². The van der Waals surface area contributed by atoms with Gasteiger partial charge in [-0.2, -0.15) is 5.26 Å². The SMILES string of the molecule is C=CC(O)CCC=CCCC#N. The van der Waals surface area contributed by atoms with E-state index >= 15 is 0 Å². The quantitative estimate of drug-likeness (QED) is 0.484. The van der Waals surface area contributed by atoms with E-state index in [0.717, 1.165) is 12.8 Å². The molecule has 0 amide bonds. The lowest BCUT2D eigenvalue weighted by Gasteiger charge is -1.99. The van der Waals surface area contributed by atoms with Gasteiger partial charge in [0.25, 0.3) is 0 Å². The topological polar surface area (TPSA) is 44.0 Å². The third-order valence-corrected chi connectivity index (χ3v) is 1.49. The molecule has 0 aliphatic rings. The summed E-state index contributed by atoms with van der Waals surface area (Å²) in [6, 6.07) is 2.06. The standard InChI is InChI=1S/C10H15NO/c1-2-10(12)8-6-4-3-5-7-9-11/h2-4,10,12H,1,5-8H2. The summed E-state index contributed by atoms with van der Waals surface area (Å²) in [4.78, 5) is 0. The van der Waals surface area contributed by atoms with Crippen LogP contribution < -0.4 is 0 Å². The number of hydrogen-bond donors (Lipinski definition) is 1. The van der Waals surface area contributed by atoms with Crippen LogP contribution in [-0.2, 0) is 0 Å². The largest absolute Gasteiger partial charge is 0.389 e. The lowest BCUT2D eigenvalue weighted by molar-refractivity contribution is 0.214. The zero-order valence-corrected chi connectivity index (χ0v) is 7.24. The highest BCUT2D eigenvalue weighted by Crippen LogP contribution is 1.99. The van der Waals surface area contributed by atoms with Gasteiger partial charge in [0.15, 0.2) is 0 Å². The highest BCUT2D eigenvalue weighted by atomic mass is 16.3. The minimum absolute atomic E-state index is 0.398. The van der Waals surface area contributed by atoms with E-state index in [1.54, 1.807) is 0 Å². The molecule has 0 saturated heterocycles. The molecule has 0 heterocycles. The van der Waals surface area contributed by atoms with Gasteiger partial charge in [0.1, 0.15) is 0 Å². The molecule has 2 heteroatoms. The van der Waals surface area contributed by atoms with Crippen LogP contribution in [0.15, 0.2) is 24.8 Å². The fourth-order valence-electron chi connectivity index (χ4n) is 0.768. The third-order valence-electron chi connectivity index (χ3n) is 1.49. The van der Waals surface area contributed by atoms with Gasteiger partial charge in [-0.15, -0.1) is 6.58 Å². The summed E-state index contributed by atoms with van der Waals surface area (Å²) >= 11 is 0. The van der Waals surface area contributed by atoms with E-state index in [-0.39, 0.29) is 0 Å². The molecule has 12 heavy (non-hydrogen) atoms. The lowest BCUT2D eigenvalue weighted by Crippen LogP contribution is -1.99. The highest BCUT2D eigenvalue weighted by Gasteiger charge is 1.93. The monoisotopic (exact) mass is 165 g/mol. The fraction of sp³-hybridized carbons (Fsp3) is 0.500. The van der Waals surface area contributed by atoms with Crippen molar-refractivity contribution >= 4 is 0 Å². The zero-order chi connectivity index (χ0) is 9.23. The number of nitrogens with zero attached hydrogens (tertiary/aromatic N) is 1. The van der Waals surface area contributed by atoms with E-state index in [1.807, 2.05) is 12.2 Å². The van der Waals surface area contributed by atoms with Crippen molar-refractivity contribution in [1.29, 1.82) is 5.26 Å². The summed E-state index contributed by atoms with van der Waals surface area (Å²) in [6.45, 7) is 3.47. The number of unbranched alkanes of at least 4 members (excludes halogenated alkanes) is 1. The Kier molecular flexibility index (Phi) is 7.31. The second kappa shape index (κ2) is 8.03. The van der Waals surface area contributed by atoms with Crippen molar-refractivity contribution < 1.29 is 5.11 Å². The summed E-state index contributed by atoms with van der Waals surface area (Å²) in [5, 5.41) is 17.3. The molecule has 0 spiro atoms. The van der Waals surface area contributed by atoms with Crippen molar-refractivity contribution in [3.8, 4) is 6.07 Å². The predicted octanol–water partition coefficient (Wildman–Crippen LogP) is 2.17. The van der Waals surface area contributed by atoms with Crippen molar-refractivity contribution in [3.05, 3.63) is 24.8 Å². The van der Waals surface area contributed by atoms with Gasteiger partial charge >= 0.3 is 0 Å². The van der Waals surface area contributed by atoms with E-state index in [9.17, 15) is 0 Å². The maximum absolute atomic E-state index is 9.06. The molecule has 66 valence electrons. The second-order valence-electron chi connectivity index (χ2n) is 2.55. The van der Waals surface area contributed by atoms with Crippen LogP contribution in [0.4, 0.5) is 0 Å². The molecule has 0 fully saturated rings. The van der Waals surface area contributed by atoms with Crippen LogP contribution >= 0.6 is 0 Å². The molecule has 0 aliphatic heterocycles. The number of aliphatic hydroxyl groups is 1. The third kappa shape index (κ3) is 7.04. The normalized spacial score (nSPS) is 12.7. The summed E-state index contributed by atoms with van der Waals surface area (Å²) in [5.41, 5.74) is 0. The van der Waals surface area contributed by atoms with Crippen LogP contribution in [0.1, 0.15) is 25.7 Å². The second-order valence-corrected chi connectivity index (χ2v) is 2.55. The number of nitriles is 1. The molecule has 1 N–H and O–H groups in total. The Balaban J connectivity index is 3.25. The maximum atomic E-state index is 9.06. The average molecular weight is 165 g/mol. The first-order chi connectivity index (χ1) is 5.81. The van der Waals surface area contributed by atoms with Gasteiger partial charge in [-0.1, -0.05) is 18.2 Å². The molecule has 0 aromatic carbocycles. The Morgan fingerprint density at radius 2 is 2.08 bits per heavy atom. The first-order valence-corrected chi connectivity index (χ1v) is 4.14. The van der Waals surface area contributed by atoms with Crippen molar-refractivity contribution in [2.75, 3.05) is 0 Å². The van der Waals surface area contributed by atoms with Gasteiger partial charge in [-0.05, 0) is 19.3 Å². The first-order valence-electron chi connectivity index (χ1n) is 4.14. The van der Waals surface area contributed by atoms with Gasteiger partial charge in [0.05, 0.1) is 12.2 Å². The Morgan fingerprint density at radius 1 is 1.42 bits per heavy atom. The van der Waals surface area contributed by atoms with Crippen LogP contribution in [-0.4, -0.2) is 11.2 Å². The molecule has 1 atom stereocenters. The van der Waals surface area contributed by atoms with Crippen LogP contribution in [0.3, 0.4) is 0 Å². The summed E-state index contributed by atoms with van der Waals surface area (Å²) < 4.78 is 0. The smallest absolute Gasteiger partial charge is 0.0721 e. The number of aliphatic hydroxyl groups excluding tert-OH is 1. The number of hydrogen-bond acceptors (Lipinski definition) is 2. The van der Waals surface area contributed by atoms with Gasteiger partial charge in [-0.3, -0.25) is 0 Å². The van der Waals surface area contributed by atoms with Crippen LogP contribution in [0, 0.1) is 11.3 Å². The van der Waals surface area contributed by atoms with Crippen molar-refractivity contribution in [2.45, 2.75) is 31.8 Å². The van der Waals surface area contributed by atoms with Crippen molar-refractivity contribution in [3.63, 3.8) is 0 Å². The van der Waals surface area contributed by atoms with E-state index in [0.29, 0.717) is 12.8 Å². The van der Waals surface area contributed by atoms with E-state index in [1.165, 1.54) is 6.08 Å². The van der Waals surface area contributed by atoms with Crippen LogP contribution in [0.25, 0.3) is 0 Å². The fourth-order valence-corrected chi connectivity index (χ4v) is 0.768. The molecular weight excluding hydrogens is 150 g/mol. The molecule has 0 rings (SSSR count). The van der Waals surface area contributed by atoms with Crippen molar-refractivity contribution in [2.24, 2.45) is 0 Å². The summed E-state index contributed by atoms with van der Waals surface area (Å²) in [6.07, 6.45) is 8.03. The van der Waals surface area contributed by atoms with E-state index in [2.05, 4.69) is 12.6 Å². The maximum Gasteiger partial charge on any atom is 0.0721 e. The minimum Gasteiger partial charge on any atom is -0.389 e. The molecule has 1 unspecified atom stereocenters.